The van der Waals surface area contributed by atoms with Crippen molar-refractivity contribution in [2.45, 2.75) is 11.4 Å². The van der Waals surface area contributed by atoms with Crippen LogP contribution in [0.3, 0.4) is 0 Å². The fourth-order valence-corrected chi connectivity index (χ4v) is 3.79. The Balaban J connectivity index is 1.40. The highest BCUT2D eigenvalue weighted by Gasteiger charge is 2.15. The molecule has 152 valence electrons. The first-order valence-electron chi connectivity index (χ1n) is 9.04. The van der Waals surface area contributed by atoms with Crippen LogP contribution in [0.5, 0.6) is 0 Å². The van der Waals surface area contributed by atoms with E-state index in [9.17, 15) is 13.2 Å². The lowest BCUT2D eigenvalue weighted by molar-refractivity contribution is 0.102. The first-order chi connectivity index (χ1) is 14.5. The number of nitrogens with one attached hydrogen (secondary N) is 3. The van der Waals surface area contributed by atoms with Crippen LogP contribution in [0, 0.1) is 0 Å². The van der Waals surface area contributed by atoms with E-state index in [1.807, 2.05) is 18.2 Å². The number of benzene rings is 2. The van der Waals surface area contributed by atoms with E-state index in [-0.39, 0.29) is 17.3 Å². The van der Waals surface area contributed by atoms with Crippen LogP contribution in [0.15, 0.2) is 88.5 Å². The van der Waals surface area contributed by atoms with Crippen LogP contribution in [0.1, 0.15) is 16.1 Å². The highest BCUT2D eigenvalue weighted by Crippen LogP contribution is 2.20. The molecule has 0 fully saturated rings. The molecule has 9 heteroatoms. The molecule has 0 aliphatic carbocycles. The van der Waals surface area contributed by atoms with Crippen molar-refractivity contribution in [3.63, 3.8) is 0 Å². The molecule has 3 N–H and O–H groups in total. The summed E-state index contributed by atoms with van der Waals surface area (Å²) in [4.78, 5) is 12.5. The van der Waals surface area contributed by atoms with Gasteiger partial charge in [0, 0.05) is 17.4 Å². The number of carbonyl (C=O) groups is 1. The van der Waals surface area contributed by atoms with Crippen LogP contribution in [0.4, 0.5) is 5.69 Å². The summed E-state index contributed by atoms with van der Waals surface area (Å²) in [5.41, 5.74) is 2.80. The molecule has 0 bridgehead atoms. The molecule has 30 heavy (non-hydrogen) atoms. The van der Waals surface area contributed by atoms with E-state index in [4.69, 9.17) is 4.42 Å². The lowest BCUT2D eigenvalue weighted by atomic mass is 10.1. The van der Waals surface area contributed by atoms with Crippen molar-refractivity contribution in [3.05, 3.63) is 90.5 Å². The van der Waals surface area contributed by atoms with Gasteiger partial charge in [0.25, 0.3) is 5.91 Å². The van der Waals surface area contributed by atoms with Crippen molar-refractivity contribution in [3.8, 4) is 11.3 Å². The minimum atomic E-state index is -3.71. The zero-order chi connectivity index (χ0) is 21.0. The third kappa shape index (κ3) is 4.48. The number of hydrogen-bond acceptors (Lipinski definition) is 5. The summed E-state index contributed by atoms with van der Waals surface area (Å²) < 4.78 is 32.3. The number of nitrogens with zero attached hydrogens (tertiary/aromatic N) is 1. The Morgan fingerprint density at radius 3 is 2.40 bits per heavy atom. The third-order valence-electron chi connectivity index (χ3n) is 4.40. The normalized spacial score (nSPS) is 11.3. The summed E-state index contributed by atoms with van der Waals surface area (Å²) in [5.74, 6) is 0.171. The molecule has 0 spiro atoms. The Hall–Kier alpha value is -3.69. The van der Waals surface area contributed by atoms with Gasteiger partial charge in [0.1, 0.15) is 5.76 Å². The van der Waals surface area contributed by atoms with E-state index >= 15 is 0 Å². The maximum Gasteiger partial charge on any atom is 0.255 e. The number of amides is 1. The van der Waals surface area contributed by atoms with Gasteiger partial charge in [-0.2, -0.15) is 5.10 Å². The van der Waals surface area contributed by atoms with Crippen molar-refractivity contribution in [2.24, 2.45) is 0 Å². The molecule has 0 unspecified atom stereocenters. The van der Waals surface area contributed by atoms with Crippen LogP contribution in [-0.2, 0) is 16.6 Å². The Morgan fingerprint density at radius 1 is 1.00 bits per heavy atom. The second-order valence-corrected chi connectivity index (χ2v) is 8.20. The molecule has 2 aromatic carbocycles. The van der Waals surface area contributed by atoms with Crippen LogP contribution >= 0.6 is 0 Å². The van der Waals surface area contributed by atoms with E-state index in [0.29, 0.717) is 17.0 Å². The minimum absolute atomic E-state index is 0.0477. The number of aromatic amines is 1. The number of carbonyl (C=O) groups excluding carboxylic acids is 1. The molecular weight excluding hydrogens is 404 g/mol. The number of hydrogen-bond donors (Lipinski definition) is 3. The van der Waals surface area contributed by atoms with Crippen molar-refractivity contribution < 1.29 is 17.6 Å². The summed E-state index contributed by atoms with van der Waals surface area (Å²) in [5, 5.41) is 9.58. The van der Waals surface area contributed by atoms with E-state index in [1.54, 1.807) is 30.5 Å². The smallest absolute Gasteiger partial charge is 0.255 e. The number of H-pyrrole nitrogens is 1. The van der Waals surface area contributed by atoms with E-state index < -0.39 is 10.0 Å². The molecule has 4 rings (SSSR count). The molecule has 0 radical (unpaired) electrons. The lowest BCUT2D eigenvalue weighted by Crippen LogP contribution is -2.23. The topological polar surface area (TPSA) is 117 Å². The number of anilines is 1. The maximum atomic E-state index is 12.5. The second kappa shape index (κ2) is 8.36. The average Bonchev–Trinajstić information content (AvgIpc) is 3.47. The van der Waals surface area contributed by atoms with Crippen LogP contribution in [0.25, 0.3) is 11.3 Å². The van der Waals surface area contributed by atoms with Crippen molar-refractivity contribution >= 4 is 21.6 Å². The predicted octanol–water partition coefficient (Wildman–Crippen LogP) is 3.40. The van der Waals surface area contributed by atoms with Gasteiger partial charge in [-0.25, -0.2) is 13.1 Å². The van der Waals surface area contributed by atoms with Gasteiger partial charge in [-0.3, -0.25) is 9.89 Å². The summed E-state index contributed by atoms with van der Waals surface area (Å²) in [7, 11) is -3.71. The van der Waals surface area contributed by atoms with Gasteiger partial charge in [0.2, 0.25) is 10.0 Å². The summed E-state index contributed by atoms with van der Waals surface area (Å²) >= 11 is 0. The number of aromatic nitrogens is 2. The first-order valence-corrected chi connectivity index (χ1v) is 10.5. The molecule has 1 amide bonds. The van der Waals surface area contributed by atoms with Crippen LogP contribution < -0.4 is 10.0 Å². The SMILES string of the molecule is O=C(Nc1ccc(-c2ccn[nH]2)cc1)c1ccc(S(=O)(=O)NCc2ccco2)cc1. The van der Waals surface area contributed by atoms with Gasteiger partial charge in [0.05, 0.1) is 23.4 Å². The standard InChI is InChI=1S/C21H18N4O4S/c26-21(24-17-7-3-15(4-8-17)20-11-12-22-25-20)16-5-9-19(10-6-16)30(27,28)23-14-18-2-1-13-29-18/h1-13,23H,14H2,(H,22,25)(H,24,26). The molecule has 2 aromatic heterocycles. The number of furan rings is 1. The molecule has 2 heterocycles. The Bertz CT molecular complexity index is 1220. The molecule has 0 aliphatic heterocycles. The highest BCUT2D eigenvalue weighted by atomic mass is 32.2. The first kappa shape index (κ1) is 19.6. The van der Waals surface area contributed by atoms with Crippen LogP contribution in [0.2, 0.25) is 0 Å². The second-order valence-electron chi connectivity index (χ2n) is 6.43. The molecule has 0 saturated carbocycles. The molecule has 4 aromatic rings. The van der Waals surface area contributed by atoms with Gasteiger partial charge >= 0.3 is 0 Å². The van der Waals surface area contributed by atoms with Gasteiger partial charge < -0.3 is 9.73 Å². The highest BCUT2D eigenvalue weighted by molar-refractivity contribution is 7.89. The number of rotatable bonds is 7. The molecule has 0 saturated heterocycles. The average molecular weight is 422 g/mol. The predicted molar refractivity (Wildman–Crippen MR) is 111 cm³/mol. The van der Waals surface area contributed by atoms with Crippen molar-refractivity contribution in [2.75, 3.05) is 5.32 Å². The van der Waals surface area contributed by atoms with E-state index in [1.165, 1.54) is 30.5 Å². The molecule has 0 aliphatic rings. The Morgan fingerprint density at radius 2 is 1.77 bits per heavy atom. The third-order valence-corrected chi connectivity index (χ3v) is 5.81. The van der Waals surface area contributed by atoms with E-state index in [2.05, 4.69) is 20.2 Å². The largest absolute Gasteiger partial charge is 0.468 e. The van der Waals surface area contributed by atoms with Gasteiger partial charge in [-0.15, -0.1) is 0 Å². The maximum absolute atomic E-state index is 12.5. The minimum Gasteiger partial charge on any atom is -0.468 e. The lowest BCUT2D eigenvalue weighted by Gasteiger charge is -2.08. The monoisotopic (exact) mass is 422 g/mol. The van der Waals surface area contributed by atoms with Crippen molar-refractivity contribution in [1.82, 2.24) is 14.9 Å². The number of sulfonamides is 1. The molecule has 0 atom stereocenters. The summed E-state index contributed by atoms with van der Waals surface area (Å²) in [6.45, 7) is 0.0477. The summed E-state index contributed by atoms with van der Waals surface area (Å²) in [6.07, 6.45) is 3.14. The van der Waals surface area contributed by atoms with Crippen LogP contribution in [-0.4, -0.2) is 24.5 Å². The fraction of sp³-hybridized carbons (Fsp3) is 0.0476. The zero-order valence-electron chi connectivity index (χ0n) is 15.7. The van der Waals surface area contributed by atoms with Gasteiger partial charge in [-0.1, -0.05) is 12.1 Å². The van der Waals surface area contributed by atoms with Gasteiger partial charge in [0.15, 0.2) is 0 Å². The Kier molecular flexibility index (Phi) is 5.46. The van der Waals surface area contributed by atoms with Gasteiger partial charge in [-0.05, 0) is 60.2 Å². The van der Waals surface area contributed by atoms with Crippen molar-refractivity contribution in [1.29, 1.82) is 0 Å². The summed E-state index contributed by atoms with van der Waals surface area (Å²) in [6, 6.07) is 18.2. The molecule has 8 nitrogen and oxygen atoms in total. The zero-order valence-corrected chi connectivity index (χ0v) is 16.5. The Labute approximate surface area is 173 Å². The van der Waals surface area contributed by atoms with E-state index in [0.717, 1.165) is 11.3 Å². The molecular formula is C21H18N4O4S. The quantitative estimate of drug-likeness (QED) is 0.422. The fourth-order valence-electron chi connectivity index (χ4n) is 2.80.